The van der Waals surface area contributed by atoms with Gasteiger partial charge in [0.25, 0.3) is 0 Å². The van der Waals surface area contributed by atoms with Crippen molar-refractivity contribution in [2.45, 2.75) is 6.92 Å². The molecule has 0 aromatic heterocycles. The van der Waals surface area contributed by atoms with E-state index in [2.05, 4.69) is 55.5 Å². The van der Waals surface area contributed by atoms with Gasteiger partial charge < -0.3 is 4.43 Å². The van der Waals surface area contributed by atoms with E-state index in [9.17, 15) is 0 Å². The molecule has 0 bridgehead atoms. The lowest BCUT2D eigenvalue weighted by Gasteiger charge is -2.17. The van der Waals surface area contributed by atoms with Gasteiger partial charge in [0.2, 0.25) is 9.04 Å². The molecule has 0 unspecified atom stereocenters. The standard InChI is InChI=1S/C17H19ClOSi/c1-15(12-13-18)14-19-20(16-8-4-2-5-9-16)17-10-6-3-7-11-17/h2-12,20H,13-14H2,1H3. The molecule has 3 heteroatoms. The maximum absolute atomic E-state index is 6.24. The van der Waals surface area contributed by atoms with Crippen LogP contribution in [0.3, 0.4) is 0 Å². The molecule has 0 heterocycles. The fourth-order valence-electron chi connectivity index (χ4n) is 2.05. The number of allylic oxidation sites excluding steroid dienone is 1. The normalized spacial score (nSPS) is 11.8. The quantitative estimate of drug-likeness (QED) is 0.453. The first-order chi connectivity index (χ1) is 9.81. The van der Waals surface area contributed by atoms with Crippen molar-refractivity contribution in [1.29, 1.82) is 0 Å². The van der Waals surface area contributed by atoms with Crippen molar-refractivity contribution in [2.75, 3.05) is 12.5 Å². The average Bonchev–Trinajstić information content (AvgIpc) is 2.50. The monoisotopic (exact) mass is 302 g/mol. The molecule has 2 rings (SSSR count). The van der Waals surface area contributed by atoms with Crippen LogP contribution in [0, 0.1) is 0 Å². The van der Waals surface area contributed by atoms with Crippen molar-refractivity contribution >= 4 is 31.0 Å². The Morgan fingerprint density at radius 1 is 1.00 bits per heavy atom. The Hall–Kier alpha value is -1.35. The second kappa shape index (κ2) is 8.05. The van der Waals surface area contributed by atoms with Crippen LogP contribution in [0.4, 0.5) is 0 Å². The number of rotatable bonds is 6. The van der Waals surface area contributed by atoms with Gasteiger partial charge in [-0.15, -0.1) is 11.6 Å². The summed E-state index contributed by atoms with van der Waals surface area (Å²) in [6.45, 7) is 2.71. The smallest absolute Gasteiger partial charge is 0.240 e. The Balaban J connectivity index is 2.20. The molecule has 2 aromatic carbocycles. The molecular weight excluding hydrogens is 284 g/mol. The third-order valence-corrected chi connectivity index (χ3v) is 5.74. The lowest BCUT2D eigenvalue weighted by molar-refractivity contribution is 0.370. The zero-order valence-electron chi connectivity index (χ0n) is 11.6. The molecule has 1 nitrogen and oxygen atoms in total. The van der Waals surface area contributed by atoms with Crippen molar-refractivity contribution in [2.24, 2.45) is 0 Å². The molecule has 0 aliphatic heterocycles. The molecule has 0 radical (unpaired) electrons. The largest absolute Gasteiger partial charge is 0.407 e. The van der Waals surface area contributed by atoms with Crippen LogP contribution in [0.2, 0.25) is 0 Å². The molecule has 0 spiro atoms. The Morgan fingerprint density at radius 3 is 1.95 bits per heavy atom. The van der Waals surface area contributed by atoms with Crippen molar-refractivity contribution in [1.82, 2.24) is 0 Å². The van der Waals surface area contributed by atoms with Crippen LogP contribution in [-0.4, -0.2) is 21.5 Å². The average molecular weight is 303 g/mol. The van der Waals surface area contributed by atoms with Crippen LogP contribution < -0.4 is 10.4 Å². The Kier molecular flexibility index (Phi) is 6.06. The fourth-order valence-corrected chi connectivity index (χ4v) is 4.65. The van der Waals surface area contributed by atoms with Crippen LogP contribution in [0.25, 0.3) is 0 Å². The van der Waals surface area contributed by atoms with Crippen molar-refractivity contribution in [3.05, 3.63) is 72.3 Å². The molecule has 0 N–H and O–H groups in total. The van der Waals surface area contributed by atoms with Gasteiger partial charge in [-0.2, -0.15) is 0 Å². The highest BCUT2D eigenvalue weighted by molar-refractivity contribution is 6.80. The lowest BCUT2D eigenvalue weighted by Crippen LogP contribution is -2.45. The molecular formula is C17H19ClOSi. The van der Waals surface area contributed by atoms with Gasteiger partial charge in [-0.05, 0) is 17.3 Å². The molecule has 104 valence electrons. The first kappa shape index (κ1) is 15.0. The van der Waals surface area contributed by atoms with Gasteiger partial charge in [-0.3, -0.25) is 0 Å². The minimum absolute atomic E-state index is 0.540. The Bertz CT molecular complexity index is 500. The molecule has 0 saturated heterocycles. The summed E-state index contributed by atoms with van der Waals surface area (Å²) in [4.78, 5) is 0. The number of alkyl halides is 1. The van der Waals surface area contributed by atoms with Gasteiger partial charge in [0.15, 0.2) is 0 Å². The Labute approximate surface area is 127 Å². The van der Waals surface area contributed by atoms with E-state index in [4.69, 9.17) is 16.0 Å². The predicted octanol–water partition coefficient (Wildman–Crippen LogP) is 2.73. The zero-order valence-corrected chi connectivity index (χ0v) is 13.5. The van der Waals surface area contributed by atoms with E-state index >= 15 is 0 Å². The second-order valence-corrected chi connectivity index (χ2v) is 7.45. The molecule has 0 aliphatic rings. The summed E-state index contributed by atoms with van der Waals surface area (Å²) in [6.07, 6.45) is 2.00. The third kappa shape index (κ3) is 4.34. The van der Waals surface area contributed by atoms with Gasteiger partial charge in [0, 0.05) is 5.88 Å². The Morgan fingerprint density at radius 2 is 1.50 bits per heavy atom. The first-order valence-corrected chi connectivity index (χ1v) is 8.90. The summed E-state index contributed by atoms with van der Waals surface area (Å²) in [5.74, 6) is 0.540. The SMILES string of the molecule is CC(=CCCl)CO[SiH](c1ccccc1)c1ccccc1. The van der Waals surface area contributed by atoms with E-state index in [1.165, 1.54) is 15.9 Å². The zero-order chi connectivity index (χ0) is 14.2. The number of halogens is 1. The second-order valence-electron chi connectivity index (χ2n) is 4.72. The van der Waals surface area contributed by atoms with Crippen LogP contribution in [0.1, 0.15) is 6.92 Å². The summed E-state index contributed by atoms with van der Waals surface area (Å²) in [7, 11) is -1.62. The fraction of sp³-hybridized carbons (Fsp3) is 0.176. The number of hydrogen-bond donors (Lipinski definition) is 0. The topological polar surface area (TPSA) is 9.23 Å². The van der Waals surface area contributed by atoms with Crippen LogP contribution in [-0.2, 0) is 4.43 Å². The van der Waals surface area contributed by atoms with Gasteiger partial charge in [0.05, 0.1) is 6.61 Å². The van der Waals surface area contributed by atoms with Gasteiger partial charge >= 0.3 is 0 Å². The highest BCUT2D eigenvalue weighted by Gasteiger charge is 2.17. The third-order valence-electron chi connectivity index (χ3n) is 3.11. The van der Waals surface area contributed by atoms with Crippen LogP contribution >= 0.6 is 11.6 Å². The molecule has 0 aliphatic carbocycles. The summed E-state index contributed by atoms with van der Waals surface area (Å²) >= 11 is 5.73. The summed E-state index contributed by atoms with van der Waals surface area (Å²) in [5.41, 5.74) is 1.18. The molecule has 0 amide bonds. The van der Waals surface area contributed by atoms with Gasteiger partial charge in [0.1, 0.15) is 0 Å². The van der Waals surface area contributed by atoms with Crippen molar-refractivity contribution < 1.29 is 4.43 Å². The van der Waals surface area contributed by atoms with E-state index in [0.717, 1.165) is 0 Å². The van der Waals surface area contributed by atoms with Crippen LogP contribution in [0.15, 0.2) is 72.3 Å². The summed E-state index contributed by atoms with van der Waals surface area (Å²) in [5, 5.41) is 2.61. The minimum atomic E-state index is -1.62. The number of benzene rings is 2. The first-order valence-electron chi connectivity index (χ1n) is 6.74. The van der Waals surface area contributed by atoms with Gasteiger partial charge in [-0.1, -0.05) is 72.3 Å². The highest BCUT2D eigenvalue weighted by Crippen LogP contribution is 2.00. The summed E-state index contributed by atoms with van der Waals surface area (Å²) in [6, 6.07) is 21.0. The van der Waals surface area contributed by atoms with E-state index in [1.54, 1.807) is 0 Å². The van der Waals surface area contributed by atoms with Crippen molar-refractivity contribution in [3.8, 4) is 0 Å². The maximum Gasteiger partial charge on any atom is 0.240 e. The van der Waals surface area contributed by atoms with E-state index in [0.29, 0.717) is 12.5 Å². The lowest BCUT2D eigenvalue weighted by atomic mass is 10.3. The molecule has 20 heavy (non-hydrogen) atoms. The van der Waals surface area contributed by atoms with Crippen molar-refractivity contribution in [3.63, 3.8) is 0 Å². The van der Waals surface area contributed by atoms with E-state index in [1.807, 2.05) is 18.2 Å². The van der Waals surface area contributed by atoms with Crippen LogP contribution in [0.5, 0.6) is 0 Å². The maximum atomic E-state index is 6.24. The predicted molar refractivity (Wildman–Crippen MR) is 89.7 cm³/mol. The van der Waals surface area contributed by atoms with Gasteiger partial charge in [-0.25, -0.2) is 0 Å². The summed E-state index contributed by atoms with van der Waals surface area (Å²) < 4.78 is 6.24. The molecule has 0 fully saturated rings. The number of hydrogen-bond acceptors (Lipinski definition) is 1. The highest BCUT2D eigenvalue weighted by atomic mass is 35.5. The minimum Gasteiger partial charge on any atom is -0.407 e. The molecule has 0 saturated carbocycles. The molecule has 2 aromatic rings. The molecule has 0 atom stereocenters. The van der Waals surface area contributed by atoms with E-state index < -0.39 is 9.04 Å². The van der Waals surface area contributed by atoms with E-state index in [-0.39, 0.29) is 0 Å².